The maximum Gasteiger partial charge on any atom is 0.348 e. The lowest BCUT2D eigenvalue weighted by Gasteiger charge is -2.06. The molecular weight excluding hydrogens is 547 g/mol. The van der Waals surface area contributed by atoms with Crippen LogP contribution >= 0.6 is 34.4 Å². The summed E-state index contributed by atoms with van der Waals surface area (Å²) in [6.07, 6.45) is 5.51. The number of amides is 2. The van der Waals surface area contributed by atoms with E-state index in [-0.39, 0.29) is 46.7 Å². The second-order valence-corrected chi connectivity index (χ2v) is 10.9. The van der Waals surface area contributed by atoms with E-state index in [1.807, 2.05) is 29.7 Å². The molecule has 38 heavy (non-hydrogen) atoms. The van der Waals surface area contributed by atoms with E-state index in [0.717, 1.165) is 38.9 Å². The first-order valence-electron chi connectivity index (χ1n) is 11.7. The van der Waals surface area contributed by atoms with Gasteiger partial charge in [-0.2, -0.15) is 4.99 Å². The monoisotopic (exact) mass is 573 g/mol. The van der Waals surface area contributed by atoms with Gasteiger partial charge in [-0.1, -0.05) is 23.3 Å². The molecule has 2 heterocycles. The molecule has 1 aromatic carbocycles. The summed E-state index contributed by atoms with van der Waals surface area (Å²) in [5.74, 6) is 0.428. The number of fused-ring (bicyclic) bond motifs is 1. The molecule has 3 aromatic rings. The van der Waals surface area contributed by atoms with Crippen LogP contribution in [0.4, 0.5) is 5.00 Å². The summed E-state index contributed by atoms with van der Waals surface area (Å²) in [5.41, 5.74) is 2.49. The summed E-state index contributed by atoms with van der Waals surface area (Å²) in [4.78, 5) is 54.9. The number of thiophene rings is 1. The molecule has 0 bridgehead atoms. The summed E-state index contributed by atoms with van der Waals surface area (Å²) in [6.45, 7) is 7.51. The molecule has 0 aliphatic rings. The molecule has 12 heteroatoms. The zero-order valence-electron chi connectivity index (χ0n) is 21.4. The highest BCUT2D eigenvalue weighted by molar-refractivity contribution is 8.00. The minimum absolute atomic E-state index is 0.0287. The number of thiazole rings is 1. The number of hydrogen-bond donors (Lipinski definition) is 1. The minimum Gasteiger partial charge on any atom is -0.462 e. The van der Waals surface area contributed by atoms with Gasteiger partial charge in [0.2, 0.25) is 5.91 Å². The summed E-state index contributed by atoms with van der Waals surface area (Å²) in [5, 5.41) is 2.86. The fraction of sp³-hybridized carbons (Fsp3) is 0.346. The van der Waals surface area contributed by atoms with Crippen molar-refractivity contribution in [1.29, 1.82) is 0 Å². The maximum atomic E-state index is 12.6. The predicted octanol–water partition coefficient (Wildman–Crippen LogP) is 4.17. The Bertz CT molecular complexity index is 1490. The van der Waals surface area contributed by atoms with Gasteiger partial charge in [-0.25, -0.2) is 9.59 Å². The first kappa shape index (κ1) is 29.2. The molecule has 2 amide bonds. The summed E-state index contributed by atoms with van der Waals surface area (Å²) in [7, 11) is 0. The van der Waals surface area contributed by atoms with Crippen LogP contribution in [-0.2, 0) is 25.6 Å². The largest absolute Gasteiger partial charge is 0.462 e. The number of anilines is 1. The van der Waals surface area contributed by atoms with Crippen LogP contribution in [-0.4, -0.2) is 53.0 Å². The summed E-state index contributed by atoms with van der Waals surface area (Å²) < 4.78 is 12.9. The summed E-state index contributed by atoms with van der Waals surface area (Å²) in [6, 6.07) is 5.94. The van der Waals surface area contributed by atoms with Crippen LogP contribution in [0.5, 0.6) is 0 Å². The summed E-state index contributed by atoms with van der Waals surface area (Å²) >= 11 is 3.41. The van der Waals surface area contributed by atoms with E-state index in [9.17, 15) is 19.2 Å². The first-order chi connectivity index (χ1) is 18.2. The standard InChI is InChI=1S/C26H27N3O6S3/c1-6-11-29-17-10-9-15(4)12-18(17)37-26(29)28-20(31)14-36-13-19(30)27-23-21(24(32)34-7-2)16(5)22(38-23)25(33)35-8-3/h1,9-10,12H,7-8,11,13-14H2,2-5H3,(H,27,30). The van der Waals surface area contributed by atoms with Crippen LogP contribution in [0.15, 0.2) is 23.2 Å². The van der Waals surface area contributed by atoms with E-state index in [1.54, 1.807) is 20.8 Å². The number of ether oxygens (including phenoxy) is 2. The molecule has 1 N–H and O–H groups in total. The van der Waals surface area contributed by atoms with Gasteiger partial charge >= 0.3 is 11.9 Å². The zero-order chi connectivity index (χ0) is 27.8. The molecule has 0 saturated carbocycles. The first-order valence-corrected chi connectivity index (χ1v) is 14.4. The molecule has 3 rings (SSSR count). The van der Waals surface area contributed by atoms with E-state index in [0.29, 0.717) is 10.4 Å². The van der Waals surface area contributed by atoms with Crippen LogP contribution in [0, 0.1) is 26.2 Å². The Kier molecular flexibility index (Phi) is 10.3. The number of aryl methyl sites for hydroxylation is 1. The quantitative estimate of drug-likeness (QED) is 0.286. The third kappa shape index (κ3) is 6.92. The smallest absolute Gasteiger partial charge is 0.348 e. The van der Waals surface area contributed by atoms with Crippen LogP contribution in [0.2, 0.25) is 0 Å². The average Bonchev–Trinajstić information content (AvgIpc) is 3.35. The Hall–Kier alpha value is -3.40. The Morgan fingerprint density at radius 2 is 1.79 bits per heavy atom. The molecule has 0 radical (unpaired) electrons. The zero-order valence-corrected chi connectivity index (χ0v) is 23.9. The van der Waals surface area contributed by atoms with Crippen LogP contribution in [0.3, 0.4) is 0 Å². The third-order valence-corrected chi connectivity index (χ3v) is 8.25. The SMILES string of the molecule is C#CCn1c(=NC(=O)CSCC(=O)Nc2sc(C(=O)OCC)c(C)c2C(=O)OCC)sc2cc(C)ccc21. The number of carbonyl (C=O) groups excluding carboxylic acids is 4. The van der Waals surface area contributed by atoms with Gasteiger partial charge in [0, 0.05) is 0 Å². The van der Waals surface area contributed by atoms with Crippen molar-refractivity contribution < 1.29 is 28.7 Å². The van der Waals surface area contributed by atoms with Gasteiger partial charge in [0.15, 0.2) is 4.80 Å². The molecule has 0 atom stereocenters. The molecule has 0 unspecified atom stereocenters. The number of nitrogens with zero attached hydrogens (tertiary/aromatic N) is 2. The number of benzene rings is 1. The van der Waals surface area contributed by atoms with E-state index < -0.39 is 23.8 Å². The third-order valence-electron chi connectivity index (χ3n) is 5.11. The number of aromatic nitrogens is 1. The van der Waals surface area contributed by atoms with Gasteiger partial charge in [-0.3, -0.25) is 9.59 Å². The van der Waals surface area contributed by atoms with Crippen molar-refractivity contribution in [1.82, 2.24) is 4.57 Å². The number of hydrogen-bond acceptors (Lipinski definition) is 9. The normalized spacial score (nSPS) is 11.3. The number of carbonyl (C=O) groups is 4. The number of terminal acetylenes is 1. The lowest BCUT2D eigenvalue weighted by molar-refractivity contribution is -0.115. The predicted molar refractivity (Wildman–Crippen MR) is 151 cm³/mol. The number of rotatable bonds is 10. The van der Waals surface area contributed by atoms with Gasteiger partial charge in [0.05, 0.1) is 47.0 Å². The van der Waals surface area contributed by atoms with Crippen molar-refractivity contribution in [2.45, 2.75) is 34.2 Å². The molecule has 0 aliphatic heterocycles. The van der Waals surface area contributed by atoms with Crippen molar-refractivity contribution >= 4 is 73.4 Å². The Balaban J connectivity index is 1.70. The van der Waals surface area contributed by atoms with Gasteiger partial charge in [0.1, 0.15) is 9.88 Å². The van der Waals surface area contributed by atoms with Crippen LogP contribution < -0.4 is 10.1 Å². The topological polar surface area (TPSA) is 116 Å². The molecule has 0 fully saturated rings. The molecule has 0 aliphatic carbocycles. The Morgan fingerprint density at radius 1 is 1.08 bits per heavy atom. The highest BCUT2D eigenvalue weighted by Crippen LogP contribution is 2.34. The average molecular weight is 574 g/mol. The van der Waals surface area contributed by atoms with E-state index >= 15 is 0 Å². The highest BCUT2D eigenvalue weighted by atomic mass is 32.2. The van der Waals surface area contributed by atoms with Gasteiger partial charge in [0.25, 0.3) is 5.91 Å². The second-order valence-electron chi connectivity index (χ2n) is 7.89. The van der Waals surface area contributed by atoms with Crippen molar-refractivity contribution in [2.24, 2.45) is 4.99 Å². The van der Waals surface area contributed by atoms with Crippen LogP contribution in [0.1, 0.15) is 45.0 Å². The van der Waals surface area contributed by atoms with Crippen molar-refractivity contribution in [3.8, 4) is 12.3 Å². The van der Waals surface area contributed by atoms with E-state index in [1.165, 1.54) is 11.3 Å². The molecule has 0 spiro atoms. The highest BCUT2D eigenvalue weighted by Gasteiger charge is 2.27. The second kappa shape index (κ2) is 13.4. The van der Waals surface area contributed by atoms with Crippen molar-refractivity contribution in [2.75, 3.05) is 30.0 Å². The van der Waals surface area contributed by atoms with E-state index in [2.05, 4.69) is 16.2 Å². The lowest BCUT2D eigenvalue weighted by Crippen LogP contribution is -2.19. The van der Waals surface area contributed by atoms with Gasteiger partial charge < -0.3 is 19.4 Å². The number of nitrogens with one attached hydrogen (secondary N) is 1. The molecular formula is C26H27N3O6S3. The molecule has 200 valence electrons. The Labute approximate surface area is 232 Å². The molecule has 2 aromatic heterocycles. The Morgan fingerprint density at radius 3 is 2.47 bits per heavy atom. The molecule has 9 nitrogen and oxygen atoms in total. The van der Waals surface area contributed by atoms with Crippen molar-refractivity contribution in [3.63, 3.8) is 0 Å². The fourth-order valence-corrected chi connectivity index (χ4v) is 6.33. The maximum absolute atomic E-state index is 12.6. The fourth-order valence-electron chi connectivity index (χ4n) is 3.48. The van der Waals surface area contributed by atoms with Crippen molar-refractivity contribution in [3.05, 3.63) is 44.6 Å². The lowest BCUT2D eigenvalue weighted by atomic mass is 10.1. The number of thioether (sulfide) groups is 1. The van der Waals surface area contributed by atoms with E-state index in [4.69, 9.17) is 15.9 Å². The molecule has 0 saturated heterocycles. The van der Waals surface area contributed by atoms with Gasteiger partial charge in [-0.15, -0.1) is 29.5 Å². The van der Waals surface area contributed by atoms with Crippen LogP contribution in [0.25, 0.3) is 10.2 Å². The minimum atomic E-state index is -0.646. The van der Waals surface area contributed by atoms with Gasteiger partial charge in [-0.05, 0) is 51.0 Å². The number of esters is 2.